The maximum Gasteiger partial charge on any atom is 0.0183 e. The molecule has 3 heteroatoms. The Hall–Kier alpha value is -2.46. The van der Waals surface area contributed by atoms with Gasteiger partial charge in [0, 0.05) is 19.6 Å². The molecule has 0 radical (unpaired) electrons. The van der Waals surface area contributed by atoms with Crippen molar-refractivity contribution in [3.05, 3.63) is 105 Å². The zero-order chi connectivity index (χ0) is 24.1. The molecule has 0 aliphatic carbocycles. The first kappa shape index (κ1) is 27.6. The Kier molecular flexibility index (Phi) is 12.6. The SMILES string of the molecule is CCc1ccc(C)c(CN)c1.CCc1cccc(C)c1CN.Cc1ccc(C)c(CN)c1. The molecule has 32 heavy (non-hydrogen) atoms. The first-order valence-corrected chi connectivity index (χ1v) is 11.6. The highest BCUT2D eigenvalue weighted by Crippen LogP contribution is 2.13. The Bertz CT molecular complexity index is 961. The van der Waals surface area contributed by atoms with E-state index in [2.05, 4.69) is 96.1 Å². The molecule has 3 aromatic rings. The van der Waals surface area contributed by atoms with Gasteiger partial charge in [0.2, 0.25) is 0 Å². The molecular weight excluding hydrogens is 390 g/mol. The molecular formula is C29H43N3. The molecule has 0 aliphatic rings. The molecule has 0 amide bonds. The molecule has 0 bridgehead atoms. The summed E-state index contributed by atoms with van der Waals surface area (Å²) >= 11 is 0. The maximum atomic E-state index is 5.63. The Morgan fingerprint density at radius 1 is 0.562 bits per heavy atom. The van der Waals surface area contributed by atoms with Gasteiger partial charge in [0.25, 0.3) is 0 Å². The van der Waals surface area contributed by atoms with E-state index in [0.29, 0.717) is 19.6 Å². The standard InChI is InChI=1S/2C10H15N.C9H13N/c1-3-9-5-4-8(2)10(6-9)7-11;1-3-9-6-4-5-8(2)10(9)7-11;1-7-3-4-8(2)9(5-7)6-10/h2*4-6H,3,7,11H2,1-2H3;3-5H,6,10H2,1-2H3. The van der Waals surface area contributed by atoms with Crippen LogP contribution in [-0.2, 0) is 32.5 Å². The second-order valence-corrected chi connectivity index (χ2v) is 8.22. The Morgan fingerprint density at radius 2 is 1.16 bits per heavy atom. The summed E-state index contributed by atoms with van der Waals surface area (Å²) in [6.45, 7) is 14.7. The van der Waals surface area contributed by atoms with E-state index in [4.69, 9.17) is 17.2 Å². The lowest BCUT2D eigenvalue weighted by Gasteiger charge is -2.07. The highest BCUT2D eigenvalue weighted by Gasteiger charge is 2.00. The molecule has 174 valence electrons. The number of nitrogens with two attached hydrogens (primary N) is 3. The fourth-order valence-corrected chi connectivity index (χ4v) is 3.57. The fourth-order valence-electron chi connectivity index (χ4n) is 3.57. The van der Waals surface area contributed by atoms with Gasteiger partial charge in [-0.25, -0.2) is 0 Å². The molecule has 0 saturated carbocycles. The van der Waals surface area contributed by atoms with Crippen molar-refractivity contribution < 1.29 is 0 Å². The number of hydrogen-bond donors (Lipinski definition) is 3. The molecule has 0 spiro atoms. The van der Waals surface area contributed by atoms with Crippen LogP contribution in [0.3, 0.4) is 0 Å². The molecule has 3 nitrogen and oxygen atoms in total. The average molecular weight is 434 g/mol. The summed E-state index contributed by atoms with van der Waals surface area (Å²) in [5.74, 6) is 0. The highest BCUT2D eigenvalue weighted by atomic mass is 14.5. The molecule has 0 heterocycles. The highest BCUT2D eigenvalue weighted by molar-refractivity contribution is 5.34. The predicted molar refractivity (Wildman–Crippen MR) is 141 cm³/mol. The maximum absolute atomic E-state index is 5.63. The lowest BCUT2D eigenvalue weighted by molar-refractivity contribution is 0.986. The summed E-state index contributed by atoms with van der Waals surface area (Å²) in [5, 5.41) is 0. The third-order valence-electron chi connectivity index (χ3n) is 5.86. The van der Waals surface area contributed by atoms with Crippen LogP contribution < -0.4 is 17.2 Å². The van der Waals surface area contributed by atoms with Crippen LogP contribution in [0.15, 0.2) is 54.6 Å². The van der Waals surface area contributed by atoms with Crippen LogP contribution >= 0.6 is 0 Å². The topological polar surface area (TPSA) is 78.1 Å². The summed E-state index contributed by atoms with van der Waals surface area (Å²) in [5.41, 5.74) is 28.5. The van der Waals surface area contributed by atoms with Crippen LogP contribution in [0.1, 0.15) is 63.9 Å². The van der Waals surface area contributed by atoms with Gasteiger partial charge < -0.3 is 17.2 Å². The second-order valence-electron chi connectivity index (χ2n) is 8.22. The van der Waals surface area contributed by atoms with E-state index in [9.17, 15) is 0 Å². The van der Waals surface area contributed by atoms with Crippen LogP contribution in [0.5, 0.6) is 0 Å². The van der Waals surface area contributed by atoms with Gasteiger partial charge in [-0.2, -0.15) is 0 Å². The van der Waals surface area contributed by atoms with E-state index < -0.39 is 0 Å². The summed E-state index contributed by atoms with van der Waals surface area (Å²) in [4.78, 5) is 0. The summed E-state index contributed by atoms with van der Waals surface area (Å²) < 4.78 is 0. The molecule has 0 saturated heterocycles. The van der Waals surface area contributed by atoms with Gasteiger partial charge in [-0.1, -0.05) is 74.0 Å². The molecule has 0 aliphatic heterocycles. The van der Waals surface area contributed by atoms with Gasteiger partial charge >= 0.3 is 0 Å². The third kappa shape index (κ3) is 8.58. The van der Waals surface area contributed by atoms with Crippen molar-refractivity contribution in [2.24, 2.45) is 17.2 Å². The van der Waals surface area contributed by atoms with Crippen LogP contribution in [0.25, 0.3) is 0 Å². The molecule has 3 rings (SSSR count). The fraction of sp³-hybridized carbons (Fsp3) is 0.379. The zero-order valence-corrected chi connectivity index (χ0v) is 21.0. The lowest BCUT2D eigenvalue weighted by Crippen LogP contribution is -2.03. The second kappa shape index (κ2) is 14.6. The smallest absolute Gasteiger partial charge is 0.0183 e. The summed E-state index contributed by atoms with van der Waals surface area (Å²) in [6, 6.07) is 19.2. The third-order valence-corrected chi connectivity index (χ3v) is 5.86. The predicted octanol–water partition coefficient (Wildman–Crippen LogP) is 5.79. The first-order valence-electron chi connectivity index (χ1n) is 11.6. The van der Waals surface area contributed by atoms with E-state index in [0.717, 1.165) is 12.8 Å². The van der Waals surface area contributed by atoms with E-state index in [1.807, 2.05) is 0 Å². The van der Waals surface area contributed by atoms with Gasteiger partial charge in [0.15, 0.2) is 0 Å². The monoisotopic (exact) mass is 433 g/mol. The Balaban J connectivity index is 0.000000240. The lowest BCUT2D eigenvalue weighted by atomic mass is 10.0. The molecule has 6 N–H and O–H groups in total. The van der Waals surface area contributed by atoms with Crippen LogP contribution in [-0.4, -0.2) is 0 Å². The van der Waals surface area contributed by atoms with Gasteiger partial charge in [-0.15, -0.1) is 0 Å². The van der Waals surface area contributed by atoms with Gasteiger partial charge in [-0.05, 0) is 85.0 Å². The zero-order valence-electron chi connectivity index (χ0n) is 21.0. The summed E-state index contributed by atoms with van der Waals surface area (Å²) in [6.07, 6.45) is 2.17. The largest absolute Gasteiger partial charge is 0.326 e. The van der Waals surface area contributed by atoms with Crippen molar-refractivity contribution in [2.45, 2.75) is 74.0 Å². The van der Waals surface area contributed by atoms with Crippen molar-refractivity contribution in [1.29, 1.82) is 0 Å². The number of aryl methyl sites for hydroxylation is 6. The minimum atomic E-state index is 0.646. The Morgan fingerprint density at radius 3 is 1.62 bits per heavy atom. The van der Waals surface area contributed by atoms with Crippen LogP contribution in [0, 0.1) is 27.7 Å². The van der Waals surface area contributed by atoms with E-state index in [1.54, 1.807) is 0 Å². The van der Waals surface area contributed by atoms with Crippen molar-refractivity contribution in [3.63, 3.8) is 0 Å². The molecule has 3 aromatic carbocycles. The van der Waals surface area contributed by atoms with Gasteiger partial charge in [0.05, 0.1) is 0 Å². The minimum absolute atomic E-state index is 0.646. The molecule has 0 atom stereocenters. The van der Waals surface area contributed by atoms with Crippen LogP contribution in [0.2, 0.25) is 0 Å². The van der Waals surface area contributed by atoms with Gasteiger partial charge in [0.1, 0.15) is 0 Å². The number of hydrogen-bond acceptors (Lipinski definition) is 3. The number of rotatable bonds is 5. The van der Waals surface area contributed by atoms with E-state index in [1.165, 1.54) is 50.1 Å². The van der Waals surface area contributed by atoms with E-state index >= 15 is 0 Å². The molecule has 0 unspecified atom stereocenters. The normalized spacial score (nSPS) is 10.0. The molecule has 0 aromatic heterocycles. The first-order chi connectivity index (χ1) is 15.3. The average Bonchev–Trinajstić information content (AvgIpc) is 2.81. The number of benzene rings is 3. The van der Waals surface area contributed by atoms with Crippen molar-refractivity contribution in [2.75, 3.05) is 0 Å². The van der Waals surface area contributed by atoms with Crippen molar-refractivity contribution >= 4 is 0 Å². The van der Waals surface area contributed by atoms with Gasteiger partial charge in [-0.3, -0.25) is 0 Å². The van der Waals surface area contributed by atoms with Crippen LogP contribution in [0.4, 0.5) is 0 Å². The Labute approximate surface area is 196 Å². The van der Waals surface area contributed by atoms with Crippen molar-refractivity contribution in [3.8, 4) is 0 Å². The van der Waals surface area contributed by atoms with E-state index in [-0.39, 0.29) is 0 Å². The van der Waals surface area contributed by atoms with Crippen molar-refractivity contribution in [1.82, 2.24) is 0 Å². The molecule has 0 fully saturated rings. The quantitative estimate of drug-likeness (QED) is 0.476. The summed E-state index contributed by atoms with van der Waals surface area (Å²) in [7, 11) is 0. The minimum Gasteiger partial charge on any atom is -0.326 e.